The van der Waals surface area contributed by atoms with Crippen molar-refractivity contribution in [2.24, 2.45) is 0 Å². The second kappa shape index (κ2) is 7.15. The summed E-state index contributed by atoms with van der Waals surface area (Å²) in [6.45, 7) is 7.34. The maximum Gasteiger partial charge on any atom is 0.255 e. The largest absolute Gasteiger partial charge is 0.376 e. The summed E-state index contributed by atoms with van der Waals surface area (Å²) in [5, 5.41) is 4.72. The fourth-order valence-corrected chi connectivity index (χ4v) is 4.38. The van der Waals surface area contributed by atoms with Gasteiger partial charge in [-0.3, -0.25) is 9.59 Å². The minimum Gasteiger partial charge on any atom is -0.376 e. The van der Waals surface area contributed by atoms with Crippen LogP contribution in [-0.2, 0) is 11.2 Å². The Bertz CT molecular complexity index is 1120. The second-order valence-electron chi connectivity index (χ2n) is 7.63. The van der Waals surface area contributed by atoms with E-state index in [1.807, 2.05) is 23.1 Å². The predicted octanol–water partition coefficient (Wildman–Crippen LogP) is 3.70. The molecule has 0 bridgehead atoms. The quantitative estimate of drug-likeness (QED) is 0.734. The van der Waals surface area contributed by atoms with Crippen molar-refractivity contribution in [3.05, 3.63) is 75.2 Å². The average Bonchev–Trinajstić information content (AvgIpc) is 2.66. The summed E-state index contributed by atoms with van der Waals surface area (Å²) in [6.07, 6.45) is 2.53. The molecule has 0 radical (unpaired) electrons. The van der Waals surface area contributed by atoms with E-state index in [9.17, 15) is 9.59 Å². The lowest BCUT2D eigenvalue weighted by atomic mass is 9.88. The Morgan fingerprint density at radius 1 is 1.21 bits per heavy atom. The number of carbonyl (C=O) groups is 1. The van der Waals surface area contributed by atoms with E-state index >= 15 is 0 Å². The highest BCUT2D eigenvalue weighted by atomic mass is 16.2. The number of nitrogens with one attached hydrogen (secondary N) is 2. The Kier molecular flexibility index (Phi) is 4.67. The number of hydrogen-bond acceptors (Lipinski definition) is 3. The van der Waals surface area contributed by atoms with Crippen LogP contribution in [0, 0.1) is 13.8 Å². The van der Waals surface area contributed by atoms with E-state index in [0.717, 1.165) is 24.0 Å². The molecule has 28 heavy (non-hydrogen) atoms. The van der Waals surface area contributed by atoms with Crippen molar-refractivity contribution in [3.8, 4) is 0 Å². The van der Waals surface area contributed by atoms with E-state index < -0.39 is 0 Å². The van der Waals surface area contributed by atoms with E-state index in [1.54, 1.807) is 12.3 Å². The number of amides is 1. The molecule has 2 heterocycles. The number of rotatable bonds is 3. The molecule has 0 spiro atoms. The summed E-state index contributed by atoms with van der Waals surface area (Å²) in [7, 11) is 0. The average molecular weight is 375 g/mol. The SMILES string of the molecule is Cc1cc(C)c2c(c1)CCN(C(=O)CNc1ccc3c(=O)[nH]ccc3c1)[C@@H]2C. The molecule has 2 N–H and O–H groups in total. The molecule has 4 rings (SSSR count). The van der Waals surface area contributed by atoms with Gasteiger partial charge in [0.15, 0.2) is 0 Å². The number of benzene rings is 2. The summed E-state index contributed by atoms with van der Waals surface area (Å²) >= 11 is 0. The Morgan fingerprint density at radius 2 is 2.04 bits per heavy atom. The van der Waals surface area contributed by atoms with Gasteiger partial charge in [0.05, 0.1) is 12.6 Å². The standard InChI is InChI=1S/C23H25N3O2/c1-14-10-15(2)22-16(3)26(9-7-18(22)11-14)21(27)13-25-19-4-5-20-17(12-19)6-8-24-23(20)28/h4-6,8,10-12,16,25H,7,9,13H2,1-3H3,(H,24,28)/t16-/m1/s1. The summed E-state index contributed by atoms with van der Waals surface area (Å²) in [4.78, 5) is 29.3. The Balaban J connectivity index is 1.49. The Labute approximate surface area is 164 Å². The van der Waals surface area contributed by atoms with Crippen LogP contribution >= 0.6 is 0 Å². The van der Waals surface area contributed by atoms with Gasteiger partial charge in [0.1, 0.15) is 0 Å². The fraction of sp³-hybridized carbons (Fsp3) is 0.304. The number of anilines is 1. The molecule has 1 aromatic heterocycles. The highest BCUT2D eigenvalue weighted by Gasteiger charge is 2.28. The zero-order chi connectivity index (χ0) is 19.8. The number of carbonyl (C=O) groups excluding carboxylic acids is 1. The third-order valence-corrected chi connectivity index (χ3v) is 5.66. The highest BCUT2D eigenvalue weighted by molar-refractivity contribution is 5.86. The molecular formula is C23H25N3O2. The molecule has 1 aliphatic rings. The van der Waals surface area contributed by atoms with Crippen LogP contribution in [0.5, 0.6) is 0 Å². The molecule has 2 aromatic carbocycles. The lowest BCUT2D eigenvalue weighted by Gasteiger charge is -2.36. The molecule has 5 nitrogen and oxygen atoms in total. The second-order valence-corrected chi connectivity index (χ2v) is 7.63. The number of aromatic amines is 1. The van der Waals surface area contributed by atoms with Gasteiger partial charge in [-0.05, 0) is 73.5 Å². The first kappa shape index (κ1) is 18.3. The van der Waals surface area contributed by atoms with Crippen LogP contribution in [0.1, 0.15) is 35.2 Å². The van der Waals surface area contributed by atoms with Crippen LogP contribution in [0.25, 0.3) is 10.8 Å². The number of hydrogen-bond donors (Lipinski definition) is 2. The molecule has 0 aliphatic carbocycles. The molecule has 3 aromatic rings. The lowest BCUT2D eigenvalue weighted by Crippen LogP contribution is -2.42. The normalized spacial score (nSPS) is 16.1. The van der Waals surface area contributed by atoms with E-state index in [2.05, 4.69) is 43.2 Å². The molecule has 0 saturated heterocycles. The van der Waals surface area contributed by atoms with Crippen molar-refractivity contribution in [3.63, 3.8) is 0 Å². The summed E-state index contributed by atoms with van der Waals surface area (Å²) in [6, 6.07) is 11.9. The molecule has 0 unspecified atom stereocenters. The molecule has 1 amide bonds. The van der Waals surface area contributed by atoms with Gasteiger partial charge in [-0.15, -0.1) is 0 Å². The predicted molar refractivity (Wildman–Crippen MR) is 113 cm³/mol. The summed E-state index contributed by atoms with van der Waals surface area (Å²) < 4.78 is 0. The van der Waals surface area contributed by atoms with Crippen LogP contribution < -0.4 is 10.9 Å². The van der Waals surface area contributed by atoms with Gasteiger partial charge >= 0.3 is 0 Å². The highest BCUT2D eigenvalue weighted by Crippen LogP contribution is 2.32. The minimum absolute atomic E-state index is 0.0776. The molecule has 5 heteroatoms. The van der Waals surface area contributed by atoms with Crippen molar-refractivity contribution in [2.45, 2.75) is 33.2 Å². The van der Waals surface area contributed by atoms with Gasteiger partial charge in [-0.25, -0.2) is 0 Å². The van der Waals surface area contributed by atoms with Crippen LogP contribution in [0.3, 0.4) is 0 Å². The molecule has 1 aliphatic heterocycles. The van der Waals surface area contributed by atoms with E-state index in [0.29, 0.717) is 5.39 Å². The van der Waals surface area contributed by atoms with Crippen molar-refractivity contribution in [1.82, 2.24) is 9.88 Å². The van der Waals surface area contributed by atoms with Crippen molar-refractivity contribution < 1.29 is 4.79 Å². The lowest BCUT2D eigenvalue weighted by molar-refractivity contribution is -0.131. The van der Waals surface area contributed by atoms with E-state index in [-0.39, 0.29) is 24.1 Å². The Hall–Kier alpha value is -3.08. The third-order valence-electron chi connectivity index (χ3n) is 5.66. The van der Waals surface area contributed by atoms with Crippen molar-refractivity contribution in [2.75, 3.05) is 18.4 Å². The number of aryl methyl sites for hydroxylation is 2. The topological polar surface area (TPSA) is 65.2 Å². The minimum atomic E-state index is -0.105. The third kappa shape index (κ3) is 3.28. The van der Waals surface area contributed by atoms with Gasteiger partial charge in [0.25, 0.3) is 5.56 Å². The van der Waals surface area contributed by atoms with Crippen molar-refractivity contribution >= 4 is 22.4 Å². The zero-order valence-corrected chi connectivity index (χ0v) is 16.5. The maximum atomic E-state index is 12.9. The molecular weight excluding hydrogens is 350 g/mol. The van der Waals surface area contributed by atoms with Crippen LogP contribution in [0.15, 0.2) is 47.4 Å². The maximum absolute atomic E-state index is 12.9. The number of nitrogens with zero attached hydrogens (tertiary/aromatic N) is 1. The number of fused-ring (bicyclic) bond motifs is 2. The summed E-state index contributed by atoms with van der Waals surface area (Å²) in [5.41, 5.74) is 5.92. The number of pyridine rings is 1. The smallest absolute Gasteiger partial charge is 0.255 e. The van der Waals surface area contributed by atoms with Gasteiger partial charge in [-0.1, -0.05) is 17.7 Å². The van der Waals surface area contributed by atoms with E-state index in [4.69, 9.17) is 0 Å². The van der Waals surface area contributed by atoms with Crippen LogP contribution in [0.2, 0.25) is 0 Å². The first-order valence-corrected chi connectivity index (χ1v) is 9.69. The van der Waals surface area contributed by atoms with Gasteiger partial charge in [0.2, 0.25) is 5.91 Å². The van der Waals surface area contributed by atoms with Gasteiger partial charge in [-0.2, -0.15) is 0 Å². The van der Waals surface area contributed by atoms with Crippen molar-refractivity contribution in [1.29, 1.82) is 0 Å². The zero-order valence-electron chi connectivity index (χ0n) is 16.5. The molecule has 0 saturated carbocycles. The van der Waals surface area contributed by atoms with Gasteiger partial charge < -0.3 is 15.2 Å². The molecule has 144 valence electrons. The van der Waals surface area contributed by atoms with E-state index in [1.165, 1.54) is 22.3 Å². The summed E-state index contributed by atoms with van der Waals surface area (Å²) in [5.74, 6) is 0.0872. The molecule has 1 atom stereocenters. The number of H-pyrrole nitrogens is 1. The first-order valence-electron chi connectivity index (χ1n) is 9.69. The van der Waals surface area contributed by atoms with Crippen LogP contribution in [-0.4, -0.2) is 28.9 Å². The monoisotopic (exact) mass is 375 g/mol. The first-order chi connectivity index (χ1) is 13.4. The Morgan fingerprint density at radius 3 is 2.86 bits per heavy atom. The fourth-order valence-electron chi connectivity index (χ4n) is 4.38. The van der Waals surface area contributed by atoms with Crippen LogP contribution in [0.4, 0.5) is 5.69 Å². The molecule has 0 fully saturated rings. The number of aromatic nitrogens is 1. The van der Waals surface area contributed by atoms with Gasteiger partial charge in [0, 0.05) is 23.8 Å².